The predicted molar refractivity (Wildman–Crippen MR) is 154 cm³/mol. The molecule has 1 amide bonds. The number of aliphatic hydroxyl groups excluding tert-OH is 1. The number of hydrogen-bond acceptors (Lipinski definition) is 8. The van der Waals surface area contributed by atoms with E-state index in [-0.39, 0.29) is 22.8 Å². The van der Waals surface area contributed by atoms with Crippen LogP contribution >= 0.6 is 11.8 Å². The number of benzene rings is 1. The SMILES string of the molecule is C=C(C)[C@@H]1CCC(C)=C[C@H]1c1c(O)cc(CCCCC)cc1O/C(=N\C)S[C@@H]1[C@@H]([C@@H](C)O)C(=O)N1S(=O)(=O)O. The van der Waals surface area contributed by atoms with Gasteiger partial charge in [0.05, 0.1) is 12.0 Å². The average molecular weight is 581 g/mol. The van der Waals surface area contributed by atoms with Gasteiger partial charge in [-0.05, 0) is 81.8 Å². The number of β-lactam (4-membered cyclic amide) rings is 1. The molecule has 0 bridgehead atoms. The summed E-state index contributed by atoms with van der Waals surface area (Å²) in [6.45, 7) is 11.7. The Morgan fingerprint density at radius 1 is 1.33 bits per heavy atom. The Hall–Kier alpha value is -2.34. The molecule has 5 atom stereocenters. The molecule has 0 spiro atoms. The summed E-state index contributed by atoms with van der Waals surface area (Å²) in [6.07, 6.45) is 6.57. The van der Waals surface area contributed by atoms with Crippen LogP contribution < -0.4 is 4.74 Å². The van der Waals surface area contributed by atoms with Crippen LogP contribution in [0.25, 0.3) is 0 Å². The molecule has 0 unspecified atom stereocenters. The summed E-state index contributed by atoms with van der Waals surface area (Å²) in [5, 5.41) is 20.3. The summed E-state index contributed by atoms with van der Waals surface area (Å²) in [4.78, 5) is 16.6. The fourth-order valence-corrected chi connectivity index (χ4v) is 7.64. The molecule has 1 aromatic carbocycles. The normalized spacial score (nSPS) is 24.7. The maximum atomic E-state index is 12.4. The fraction of sp³-hybridized carbons (Fsp3) is 0.571. The number of ether oxygens (including phenoxy) is 1. The van der Waals surface area contributed by atoms with Crippen molar-refractivity contribution in [3.8, 4) is 11.5 Å². The number of unbranched alkanes of at least 4 members (excludes halogenated alkanes) is 2. The lowest BCUT2D eigenvalue weighted by atomic mass is 9.73. The van der Waals surface area contributed by atoms with E-state index in [1.807, 2.05) is 13.0 Å². The van der Waals surface area contributed by atoms with Crippen molar-refractivity contribution in [3.05, 3.63) is 47.1 Å². The Kier molecular flexibility index (Phi) is 10.3. The number of aliphatic imine (C=N–C) groups is 1. The highest BCUT2D eigenvalue weighted by atomic mass is 32.2. The monoisotopic (exact) mass is 580 g/mol. The van der Waals surface area contributed by atoms with Crippen LogP contribution in [0.15, 0.2) is 40.9 Å². The molecule has 11 heteroatoms. The third-order valence-electron chi connectivity index (χ3n) is 7.37. The van der Waals surface area contributed by atoms with Crippen molar-refractivity contribution >= 4 is 33.2 Å². The molecule has 3 N–H and O–H groups in total. The largest absolute Gasteiger partial charge is 0.507 e. The Bertz CT molecular complexity index is 1260. The number of carbonyl (C=O) groups excluding carboxylic acids is 1. The number of rotatable bonds is 10. The molecule has 0 saturated carbocycles. The molecule has 1 heterocycles. The molecule has 1 aliphatic heterocycles. The zero-order valence-corrected chi connectivity index (χ0v) is 24.9. The molecule has 1 fully saturated rings. The summed E-state index contributed by atoms with van der Waals surface area (Å²) in [5.74, 6) is -1.59. The quantitative estimate of drug-likeness (QED) is 0.0857. The van der Waals surface area contributed by atoms with Crippen molar-refractivity contribution in [1.29, 1.82) is 0 Å². The first-order chi connectivity index (χ1) is 18.3. The van der Waals surface area contributed by atoms with Gasteiger partial charge in [-0.25, -0.2) is 9.30 Å². The highest BCUT2D eigenvalue weighted by Crippen LogP contribution is 2.48. The van der Waals surface area contributed by atoms with Crippen molar-refractivity contribution in [2.75, 3.05) is 7.05 Å². The number of aryl methyl sites for hydroxylation is 1. The fourth-order valence-electron chi connectivity index (χ4n) is 5.31. The summed E-state index contributed by atoms with van der Waals surface area (Å²) >= 11 is 0.817. The predicted octanol–water partition coefficient (Wildman–Crippen LogP) is 5.21. The van der Waals surface area contributed by atoms with Gasteiger partial charge in [-0.3, -0.25) is 9.35 Å². The van der Waals surface area contributed by atoms with Gasteiger partial charge in [0.2, 0.25) is 5.91 Å². The average Bonchev–Trinajstić information content (AvgIpc) is 2.81. The third-order valence-corrected chi connectivity index (χ3v) is 9.62. The zero-order chi connectivity index (χ0) is 29.1. The molecule has 216 valence electrons. The van der Waals surface area contributed by atoms with Gasteiger partial charge < -0.3 is 14.9 Å². The number of allylic oxidation sites excluding steroid dienone is 3. The number of carbonyl (C=O) groups is 1. The summed E-state index contributed by atoms with van der Waals surface area (Å²) in [5.41, 5.74) is 3.68. The van der Waals surface area contributed by atoms with E-state index in [0.717, 1.165) is 61.4 Å². The number of amides is 1. The van der Waals surface area contributed by atoms with Gasteiger partial charge in [0.1, 0.15) is 16.9 Å². The molecule has 1 saturated heterocycles. The van der Waals surface area contributed by atoms with Crippen molar-refractivity contribution in [2.45, 2.75) is 83.6 Å². The van der Waals surface area contributed by atoms with Crippen LogP contribution in [0.4, 0.5) is 0 Å². The van der Waals surface area contributed by atoms with E-state index in [4.69, 9.17) is 4.74 Å². The number of phenolic OH excluding ortho intramolecular Hbond substituents is 1. The van der Waals surface area contributed by atoms with Gasteiger partial charge in [0, 0.05) is 18.5 Å². The Morgan fingerprint density at radius 2 is 2.03 bits per heavy atom. The smallest absolute Gasteiger partial charge is 0.363 e. The van der Waals surface area contributed by atoms with Crippen molar-refractivity contribution in [3.63, 3.8) is 0 Å². The molecule has 0 aromatic heterocycles. The topological polar surface area (TPSA) is 137 Å². The maximum absolute atomic E-state index is 12.4. The molecule has 3 rings (SSSR count). The highest BCUT2D eigenvalue weighted by molar-refractivity contribution is 8.14. The number of hydrogen-bond donors (Lipinski definition) is 3. The zero-order valence-electron chi connectivity index (χ0n) is 23.3. The first-order valence-electron chi connectivity index (χ1n) is 13.3. The lowest BCUT2D eigenvalue weighted by Crippen LogP contribution is -2.64. The van der Waals surface area contributed by atoms with E-state index in [9.17, 15) is 28.0 Å². The van der Waals surface area contributed by atoms with Crippen LogP contribution in [-0.4, -0.2) is 57.2 Å². The number of aromatic hydroxyl groups is 1. The van der Waals surface area contributed by atoms with Gasteiger partial charge in [-0.15, -0.1) is 0 Å². The highest BCUT2D eigenvalue weighted by Gasteiger charge is 2.56. The summed E-state index contributed by atoms with van der Waals surface area (Å²) in [7, 11) is -3.39. The standard InChI is InChI=1S/C28H40N2O7S2/c1-7-8-9-10-19-14-22(32)25(21-13-17(4)11-12-20(21)16(2)3)23(15-19)37-28(29-6)38-27-24(18(5)31)26(33)30(27)39(34,35)36/h13-15,18,20-21,24,27,31-32H,2,7-12H2,1,3-6H3,(H,34,35,36)/b29-28+/t18-,20+,21-,24+,27-/m1/s1. The van der Waals surface area contributed by atoms with Gasteiger partial charge in [-0.1, -0.05) is 43.6 Å². The van der Waals surface area contributed by atoms with E-state index in [2.05, 4.69) is 31.5 Å². The molecule has 2 aliphatic rings. The van der Waals surface area contributed by atoms with Crippen LogP contribution in [0.2, 0.25) is 0 Å². The lowest BCUT2D eigenvalue weighted by Gasteiger charge is -2.44. The van der Waals surface area contributed by atoms with Crippen LogP contribution in [0.1, 0.15) is 76.8 Å². The second-order valence-corrected chi connectivity index (χ2v) is 12.8. The molecule has 9 nitrogen and oxygen atoms in total. The maximum Gasteiger partial charge on any atom is 0.363 e. The van der Waals surface area contributed by atoms with Crippen LogP contribution in [0.3, 0.4) is 0 Å². The first-order valence-corrected chi connectivity index (χ1v) is 15.6. The minimum Gasteiger partial charge on any atom is -0.507 e. The number of aliphatic hydroxyl groups is 1. The number of nitrogens with zero attached hydrogens (tertiary/aromatic N) is 2. The summed E-state index contributed by atoms with van der Waals surface area (Å²) < 4.78 is 39.9. The molecule has 0 radical (unpaired) electrons. The van der Waals surface area contributed by atoms with Crippen LogP contribution in [0, 0.1) is 11.8 Å². The molecular formula is C28H40N2O7S2. The first kappa shape index (κ1) is 31.2. The lowest BCUT2D eigenvalue weighted by molar-refractivity contribution is -0.147. The molecule has 1 aliphatic carbocycles. The van der Waals surface area contributed by atoms with Gasteiger partial charge in [0.15, 0.2) is 0 Å². The second kappa shape index (κ2) is 12.9. The number of thioether (sulfide) groups is 1. The van der Waals surface area contributed by atoms with Gasteiger partial charge in [-0.2, -0.15) is 8.42 Å². The number of phenols is 1. The van der Waals surface area contributed by atoms with Crippen molar-refractivity contribution in [2.24, 2.45) is 16.8 Å². The van der Waals surface area contributed by atoms with E-state index in [0.29, 0.717) is 15.6 Å². The van der Waals surface area contributed by atoms with Gasteiger partial charge in [0.25, 0.3) is 5.23 Å². The van der Waals surface area contributed by atoms with E-state index >= 15 is 0 Å². The van der Waals surface area contributed by atoms with E-state index in [1.165, 1.54) is 19.5 Å². The Balaban J connectivity index is 2.03. The minimum absolute atomic E-state index is 0.0292. The van der Waals surface area contributed by atoms with Crippen molar-refractivity contribution in [1.82, 2.24) is 4.31 Å². The third kappa shape index (κ3) is 7.06. The molecule has 1 aromatic rings. The van der Waals surface area contributed by atoms with E-state index in [1.54, 1.807) is 6.07 Å². The minimum atomic E-state index is -4.85. The molecule has 39 heavy (non-hydrogen) atoms. The van der Waals surface area contributed by atoms with Crippen LogP contribution in [0.5, 0.6) is 11.5 Å². The Labute approximate surface area is 235 Å². The molecular weight excluding hydrogens is 540 g/mol. The van der Waals surface area contributed by atoms with Crippen molar-refractivity contribution < 1.29 is 32.7 Å². The second-order valence-electron chi connectivity index (χ2n) is 10.5. The summed E-state index contributed by atoms with van der Waals surface area (Å²) in [6, 6.07) is 3.65. The Morgan fingerprint density at radius 3 is 2.59 bits per heavy atom. The van der Waals surface area contributed by atoms with E-state index < -0.39 is 33.6 Å². The van der Waals surface area contributed by atoms with Crippen LogP contribution in [-0.2, 0) is 21.5 Å². The van der Waals surface area contributed by atoms with Gasteiger partial charge >= 0.3 is 10.3 Å².